The van der Waals surface area contributed by atoms with E-state index in [-0.39, 0.29) is 0 Å². The first-order valence-electron chi connectivity index (χ1n) is 4.79. The van der Waals surface area contributed by atoms with E-state index in [0.717, 1.165) is 27.3 Å². The lowest BCUT2D eigenvalue weighted by atomic mass is 10.2. The quantitative estimate of drug-likeness (QED) is 0.937. The number of hydrogen-bond donors (Lipinski definition) is 1. The summed E-state index contributed by atoms with van der Waals surface area (Å²) in [7, 11) is 0. The minimum Gasteiger partial charge on any atom is -0.365 e. The van der Waals surface area contributed by atoms with Crippen LogP contribution in [-0.4, -0.2) is 15.1 Å². The highest BCUT2D eigenvalue weighted by Gasteiger charge is 2.09. The Balaban J connectivity index is 2.11. The summed E-state index contributed by atoms with van der Waals surface area (Å²) in [6, 6.07) is 0. The van der Waals surface area contributed by atoms with E-state index in [0.29, 0.717) is 6.54 Å². The molecule has 0 unspecified atom stereocenters. The lowest BCUT2D eigenvalue weighted by Gasteiger charge is -2.05. The number of halogens is 1. The molecule has 2 heterocycles. The zero-order valence-electron chi connectivity index (χ0n) is 8.99. The molecule has 0 saturated carbocycles. The molecule has 84 valence electrons. The minimum absolute atomic E-state index is 0.636. The van der Waals surface area contributed by atoms with E-state index in [2.05, 4.69) is 36.4 Å². The van der Waals surface area contributed by atoms with Gasteiger partial charge in [-0.15, -0.1) is 0 Å². The van der Waals surface area contributed by atoms with Crippen molar-refractivity contribution in [3.05, 3.63) is 34.0 Å². The van der Waals surface area contributed by atoms with Crippen molar-refractivity contribution in [1.29, 1.82) is 0 Å². The maximum Gasteiger partial charge on any atom is 0.144 e. The summed E-state index contributed by atoms with van der Waals surface area (Å²) in [5.41, 5.74) is 1.96. The van der Waals surface area contributed by atoms with Gasteiger partial charge >= 0.3 is 0 Å². The van der Waals surface area contributed by atoms with Gasteiger partial charge in [0.1, 0.15) is 17.9 Å². The van der Waals surface area contributed by atoms with Gasteiger partial charge in [0.25, 0.3) is 0 Å². The maximum absolute atomic E-state index is 5.08. The topological polar surface area (TPSA) is 63.8 Å². The molecule has 2 rings (SSSR count). The molecule has 0 fully saturated rings. The molecule has 0 bridgehead atoms. The van der Waals surface area contributed by atoms with E-state index in [1.54, 1.807) is 6.20 Å². The number of hydrogen-bond acceptors (Lipinski definition) is 5. The Labute approximate surface area is 101 Å². The highest BCUT2D eigenvalue weighted by molar-refractivity contribution is 9.10. The fraction of sp³-hybridized carbons (Fsp3) is 0.300. The van der Waals surface area contributed by atoms with Crippen molar-refractivity contribution < 1.29 is 4.52 Å². The van der Waals surface area contributed by atoms with Gasteiger partial charge in [0.05, 0.1) is 10.2 Å². The van der Waals surface area contributed by atoms with E-state index in [1.165, 1.54) is 6.33 Å². The molecule has 0 aliphatic rings. The molecule has 2 aromatic heterocycles. The van der Waals surface area contributed by atoms with Crippen LogP contribution in [0.3, 0.4) is 0 Å². The Morgan fingerprint density at radius 1 is 1.44 bits per heavy atom. The molecule has 16 heavy (non-hydrogen) atoms. The van der Waals surface area contributed by atoms with Crippen LogP contribution in [0.1, 0.15) is 17.0 Å². The first kappa shape index (κ1) is 11.1. The van der Waals surface area contributed by atoms with Crippen LogP contribution >= 0.6 is 15.9 Å². The molecule has 6 heteroatoms. The molecule has 0 aliphatic heterocycles. The fourth-order valence-corrected chi connectivity index (χ4v) is 1.73. The lowest BCUT2D eigenvalue weighted by molar-refractivity contribution is 0.392. The smallest absolute Gasteiger partial charge is 0.144 e. The van der Waals surface area contributed by atoms with Crippen LogP contribution in [-0.2, 0) is 6.54 Å². The predicted molar refractivity (Wildman–Crippen MR) is 63.0 cm³/mol. The first-order valence-corrected chi connectivity index (χ1v) is 5.59. The second kappa shape index (κ2) is 4.61. The van der Waals surface area contributed by atoms with Crippen molar-refractivity contribution in [2.24, 2.45) is 0 Å². The molecule has 5 nitrogen and oxygen atoms in total. The Hall–Kier alpha value is -1.43. The molecule has 0 aliphatic carbocycles. The van der Waals surface area contributed by atoms with Gasteiger partial charge in [0, 0.05) is 18.3 Å². The molecule has 0 atom stereocenters. The number of anilines is 1. The van der Waals surface area contributed by atoms with Crippen LogP contribution in [0, 0.1) is 13.8 Å². The second-order valence-corrected chi connectivity index (χ2v) is 4.23. The zero-order chi connectivity index (χ0) is 11.5. The Kier molecular flexibility index (Phi) is 3.19. The largest absolute Gasteiger partial charge is 0.365 e. The summed E-state index contributed by atoms with van der Waals surface area (Å²) < 4.78 is 5.91. The third-order valence-corrected chi connectivity index (χ3v) is 2.86. The Morgan fingerprint density at radius 3 is 2.88 bits per heavy atom. The normalized spacial score (nSPS) is 10.4. The Morgan fingerprint density at radius 2 is 2.25 bits per heavy atom. The van der Waals surface area contributed by atoms with Crippen LogP contribution in [0.2, 0.25) is 0 Å². The van der Waals surface area contributed by atoms with Crippen LogP contribution in [0.5, 0.6) is 0 Å². The molecular weight excluding hydrogens is 272 g/mol. The van der Waals surface area contributed by atoms with Gasteiger partial charge in [-0.1, -0.05) is 5.16 Å². The maximum atomic E-state index is 5.08. The molecule has 0 radical (unpaired) electrons. The second-order valence-electron chi connectivity index (χ2n) is 3.38. The summed E-state index contributed by atoms with van der Waals surface area (Å²) >= 11 is 3.37. The SMILES string of the molecule is Cc1noc(C)c1CNc1ncncc1Br. The standard InChI is InChI=1S/C10H11BrN4O/c1-6-8(7(2)16-15-6)3-13-10-9(11)4-12-5-14-10/h4-5H,3H2,1-2H3,(H,12,13,14). The molecule has 2 aromatic rings. The van der Waals surface area contributed by atoms with Crippen LogP contribution in [0.15, 0.2) is 21.5 Å². The van der Waals surface area contributed by atoms with E-state index in [9.17, 15) is 0 Å². The highest BCUT2D eigenvalue weighted by Crippen LogP contribution is 2.19. The average molecular weight is 283 g/mol. The van der Waals surface area contributed by atoms with Crippen LogP contribution in [0.4, 0.5) is 5.82 Å². The number of rotatable bonds is 3. The van der Waals surface area contributed by atoms with Crippen molar-refractivity contribution >= 4 is 21.7 Å². The van der Waals surface area contributed by atoms with Gasteiger partial charge in [-0.3, -0.25) is 0 Å². The van der Waals surface area contributed by atoms with Crippen molar-refractivity contribution in [3.8, 4) is 0 Å². The van der Waals surface area contributed by atoms with E-state index >= 15 is 0 Å². The van der Waals surface area contributed by atoms with Gasteiger partial charge in [0.15, 0.2) is 0 Å². The summed E-state index contributed by atoms with van der Waals surface area (Å²) in [6.07, 6.45) is 3.20. The predicted octanol–water partition coefficient (Wildman–Crippen LogP) is 2.46. The number of nitrogens with one attached hydrogen (secondary N) is 1. The van der Waals surface area contributed by atoms with Crippen molar-refractivity contribution in [2.75, 3.05) is 5.32 Å². The Bertz CT molecular complexity index is 478. The van der Waals surface area contributed by atoms with Gasteiger partial charge in [-0.25, -0.2) is 9.97 Å². The molecular formula is C10H11BrN4O. The van der Waals surface area contributed by atoms with Crippen LogP contribution < -0.4 is 5.32 Å². The van der Waals surface area contributed by atoms with Crippen LogP contribution in [0.25, 0.3) is 0 Å². The van der Waals surface area contributed by atoms with E-state index in [1.807, 2.05) is 13.8 Å². The summed E-state index contributed by atoms with van der Waals surface area (Å²) in [5.74, 6) is 1.59. The molecule has 1 N–H and O–H groups in total. The van der Waals surface area contributed by atoms with Crippen molar-refractivity contribution in [3.63, 3.8) is 0 Å². The van der Waals surface area contributed by atoms with Gasteiger partial charge in [-0.2, -0.15) is 0 Å². The zero-order valence-corrected chi connectivity index (χ0v) is 10.6. The summed E-state index contributed by atoms with van der Waals surface area (Å²) in [6.45, 7) is 4.45. The van der Waals surface area contributed by atoms with E-state index < -0.39 is 0 Å². The van der Waals surface area contributed by atoms with Crippen molar-refractivity contribution in [1.82, 2.24) is 15.1 Å². The molecule has 0 saturated heterocycles. The molecule has 0 aromatic carbocycles. The van der Waals surface area contributed by atoms with E-state index in [4.69, 9.17) is 4.52 Å². The summed E-state index contributed by atoms with van der Waals surface area (Å²) in [5, 5.41) is 7.09. The highest BCUT2D eigenvalue weighted by atomic mass is 79.9. The third kappa shape index (κ3) is 2.21. The van der Waals surface area contributed by atoms with Gasteiger partial charge < -0.3 is 9.84 Å². The lowest BCUT2D eigenvalue weighted by Crippen LogP contribution is -2.03. The first-order chi connectivity index (χ1) is 7.68. The molecule has 0 spiro atoms. The van der Waals surface area contributed by atoms with Gasteiger partial charge in [0.2, 0.25) is 0 Å². The van der Waals surface area contributed by atoms with Crippen molar-refractivity contribution in [2.45, 2.75) is 20.4 Å². The molecule has 0 amide bonds. The number of aromatic nitrogens is 3. The number of aryl methyl sites for hydroxylation is 2. The average Bonchev–Trinajstić information content (AvgIpc) is 2.58. The van der Waals surface area contributed by atoms with Gasteiger partial charge in [-0.05, 0) is 29.8 Å². The minimum atomic E-state index is 0.636. The fourth-order valence-electron chi connectivity index (χ4n) is 1.37. The monoisotopic (exact) mass is 282 g/mol. The third-order valence-electron chi connectivity index (χ3n) is 2.28. The summed E-state index contributed by atoms with van der Waals surface area (Å²) in [4.78, 5) is 8.01. The number of nitrogens with zero attached hydrogens (tertiary/aromatic N) is 3.